The summed E-state index contributed by atoms with van der Waals surface area (Å²) in [5.74, 6) is 0.571. The van der Waals surface area contributed by atoms with E-state index in [2.05, 4.69) is 17.6 Å². The van der Waals surface area contributed by atoms with Gasteiger partial charge in [0.05, 0.1) is 11.3 Å². The average molecular weight is 315 g/mol. The van der Waals surface area contributed by atoms with Gasteiger partial charge in [-0.1, -0.05) is 19.1 Å². The Balaban J connectivity index is 1.76. The molecule has 0 aromatic heterocycles. The van der Waals surface area contributed by atoms with Crippen LogP contribution in [-0.4, -0.2) is 38.0 Å². The number of piperidine rings is 1. The van der Waals surface area contributed by atoms with E-state index in [9.17, 15) is 9.59 Å². The second-order valence-electron chi connectivity index (χ2n) is 6.74. The first-order chi connectivity index (χ1) is 11.1. The predicted octanol–water partition coefficient (Wildman–Crippen LogP) is 1.79. The molecule has 2 unspecified atom stereocenters. The molecule has 2 atom stereocenters. The minimum Gasteiger partial charge on any atom is -0.349 e. The molecule has 1 saturated heterocycles. The van der Waals surface area contributed by atoms with Crippen molar-refractivity contribution < 1.29 is 9.59 Å². The number of nitrogens with one attached hydrogen (secondary N) is 2. The van der Waals surface area contributed by atoms with Gasteiger partial charge in [0.1, 0.15) is 0 Å². The van der Waals surface area contributed by atoms with Gasteiger partial charge in [-0.05, 0) is 50.4 Å². The summed E-state index contributed by atoms with van der Waals surface area (Å²) in [6.07, 6.45) is 2.86. The van der Waals surface area contributed by atoms with Gasteiger partial charge in [-0.3, -0.25) is 9.59 Å². The molecule has 1 saturated carbocycles. The van der Waals surface area contributed by atoms with Gasteiger partial charge in [-0.2, -0.15) is 0 Å². The van der Waals surface area contributed by atoms with Gasteiger partial charge in [-0.25, -0.2) is 0 Å². The van der Waals surface area contributed by atoms with E-state index in [4.69, 9.17) is 0 Å². The summed E-state index contributed by atoms with van der Waals surface area (Å²) in [5.41, 5.74) is 1.28. The van der Waals surface area contributed by atoms with Crippen LogP contribution in [0.4, 0.5) is 5.69 Å². The number of para-hydroxylation sites is 1. The Morgan fingerprint density at radius 3 is 2.65 bits per heavy atom. The van der Waals surface area contributed by atoms with E-state index >= 15 is 0 Å². The van der Waals surface area contributed by atoms with Crippen molar-refractivity contribution in [2.45, 2.75) is 32.2 Å². The number of anilines is 1. The maximum Gasteiger partial charge on any atom is 0.253 e. The smallest absolute Gasteiger partial charge is 0.253 e. The Labute approximate surface area is 137 Å². The molecule has 1 aromatic rings. The Kier molecular flexibility index (Phi) is 4.66. The van der Waals surface area contributed by atoms with Crippen molar-refractivity contribution in [2.75, 3.05) is 25.0 Å². The summed E-state index contributed by atoms with van der Waals surface area (Å²) in [7, 11) is 1.76. The molecule has 2 amide bonds. The van der Waals surface area contributed by atoms with Gasteiger partial charge >= 0.3 is 0 Å². The van der Waals surface area contributed by atoms with E-state index < -0.39 is 0 Å². The zero-order valence-electron chi connectivity index (χ0n) is 13.8. The van der Waals surface area contributed by atoms with Crippen LogP contribution in [0.25, 0.3) is 0 Å². The van der Waals surface area contributed by atoms with E-state index in [0.717, 1.165) is 32.4 Å². The molecule has 0 radical (unpaired) electrons. The van der Waals surface area contributed by atoms with Gasteiger partial charge in [0.25, 0.3) is 5.91 Å². The molecule has 0 bridgehead atoms. The van der Waals surface area contributed by atoms with Crippen LogP contribution in [-0.2, 0) is 4.79 Å². The maximum absolute atomic E-state index is 12.7. The van der Waals surface area contributed by atoms with Crippen molar-refractivity contribution in [3.8, 4) is 0 Å². The fourth-order valence-electron chi connectivity index (χ4n) is 3.16. The highest BCUT2D eigenvalue weighted by atomic mass is 16.2. The molecular weight excluding hydrogens is 290 g/mol. The molecule has 5 heteroatoms. The molecule has 124 valence electrons. The predicted molar refractivity (Wildman–Crippen MR) is 90.5 cm³/mol. The van der Waals surface area contributed by atoms with E-state index in [-0.39, 0.29) is 23.8 Å². The van der Waals surface area contributed by atoms with Gasteiger partial charge in [0.2, 0.25) is 5.91 Å². The lowest BCUT2D eigenvalue weighted by Crippen LogP contribution is -2.48. The largest absolute Gasteiger partial charge is 0.349 e. The molecule has 0 spiro atoms. The number of hydrogen-bond acceptors (Lipinski definition) is 3. The summed E-state index contributed by atoms with van der Waals surface area (Å²) >= 11 is 0. The summed E-state index contributed by atoms with van der Waals surface area (Å²) in [5, 5.41) is 6.48. The lowest BCUT2D eigenvalue weighted by molar-refractivity contribution is -0.119. The Morgan fingerprint density at radius 1 is 1.22 bits per heavy atom. The number of carbonyl (C=O) groups excluding carboxylic acids is 2. The number of amides is 2. The van der Waals surface area contributed by atoms with Crippen LogP contribution in [0.15, 0.2) is 24.3 Å². The number of rotatable bonds is 4. The highest BCUT2D eigenvalue weighted by Crippen LogP contribution is 2.33. The standard InChI is InChI=1S/C18H25N3O2/c1-12-11-19-10-9-15(12)20-17(22)14-5-3-4-6-16(14)21(2)18(23)13-7-8-13/h3-6,12-13,15,19H,7-11H2,1-2H3,(H,20,22). The SMILES string of the molecule is CC1CNCCC1NC(=O)c1ccccc1N(C)C(=O)C1CC1. The molecular formula is C18H25N3O2. The third kappa shape index (κ3) is 3.55. The third-order valence-electron chi connectivity index (χ3n) is 4.87. The Hall–Kier alpha value is -1.88. The van der Waals surface area contributed by atoms with E-state index in [1.54, 1.807) is 18.0 Å². The molecule has 2 N–H and O–H groups in total. The van der Waals surface area contributed by atoms with Crippen LogP contribution in [0.2, 0.25) is 0 Å². The fourth-order valence-corrected chi connectivity index (χ4v) is 3.16. The minimum atomic E-state index is -0.0882. The summed E-state index contributed by atoms with van der Waals surface area (Å²) in [6.45, 7) is 4.00. The van der Waals surface area contributed by atoms with Gasteiger partial charge in [0, 0.05) is 19.0 Å². The Morgan fingerprint density at radius 2 is 1.96 bits per heavy atom. The fraction of sp³-hybridized carbons (Fsp3) is 0.556. The lowest BCUT2D eigenvalue weighted by atomic mass is 9.95. The molecule has 23 heavy (non-hydrogen) atoms. The van der Waals surface area contributed by atoms with Crippen molar-refractivity contribution in [1.82, 2.24) is 10.6 Å². The van der Waals surface area contributed by atoms with Crippen LogP contribution < -0.4 is 15.5 Å². The van der Waals surface area contributed by atoms with Gasteiger partial charge in [-0.15, -0.1) is 0 Å². The minimum absolute atomic E-state index is 0.0882. The average Bonchev–Trinajstić information content (AvgIpc) is 3.40. The number of benzene rings is 1. The first-order valence-corrected chi connectivity index (χ1v) is 8.46. The van der Waals surface area contributed by atoms with E-state index in [1.165, 1.54) is 0 Å². The highest BCUT2D eigenvalue weighted by Gasteiger charge is 2.33. The molecule has 5 nitrogen and oxygen atoms in total. The monoisotopic (exact) mass is 315 g/mol. The molecule has 1 aromatic carbocycles. The second-order valence-corrected chi connectivity index (χ2v) is 6.74. The summed E-state index contributed by atoms with van der Waals surface area (Å²) in [4.78, 5) is 26.7. The summed E-state index contributed by atoms with van der Waals surface area (Å²) in [6, 6.07) is 7.55. The van der Waals surface area contributed by atoms with Crippen molar-refractivity contribution >= 4 is 17.5 Å². The highest BCUT2D eigenvalue weighted by molar-refractivity contribution is 6.05. The zero-order chi connectivity index (χ0) is 16.4. The van der Waals surface area contributed by atoms with E-state index in [0.29, 0.717) is 17.2 Å². The number of hydrogen-bond donors (Lipinski definition) is 2. The second kappa shape index (κ2) is 6.71. The number of carbonyl (C=O) groups is 2. The molecule has 2 aliphatic rings. The normalized spacial score (nSPS) is 24.1. The van der Waals surface area contributed by atoms with Crippen molar-refractivity contribution in [3.63, 3.8) is 0 Å². The quantitative estimate of drug-likeness (QED) is 0.890. The molecule has 1 aliphatic heterocycles. The van der Waals surface area contributed by atoms with Crippen LogP contribution >= 0.6 is 0 Å². The summed E-state index contributed by atoms with van der Waals surface area (Å²) < 4.78 is 0. The van der Waals surface area contributed by atoms with E-state index in [1.807, 2.05) is 18.2 Å². The molecule has 1 heterocycles. The zero-order valence-corrected chi connectivity index (χ0v) is 13.8. The van der Waals surface area contributed by atoms with Gasteiger partial charge < -0.3 is 15.5 Å². The van der Waals surface area contributed by atoms with Crippen molar-refractivity contribution in [1.29, 1.82) is 0 Å². The number of nitrogens with zero attached hydrogens (tertiary/aromatic N) is 1. The third-order valence-corrected chi connectivity index (χ3v) is 4.87. The molecule has 1 aliphatic carbocycles. The lowest BCUT2D eigenvalue weighted by Gasteiger charge is -2.30. The first kappa shape index (κ1) is 16.0. The van der Waals surface area contributed by atoms with Crippen LogP contribution in [0.3, 0.4) is 0 Å². The van der Waals surface area contributed by atoms with Crippen LogP contribution in [0, 0.1) is 11.8 Å². The van der Waals surface area contributed by atoms with Crippen LogP contribution in [0.1, 0.15) is 36.5 Å². The Bertz CT molecular complexity index is 598. The molecule has 3 rings (SSSR count). The van der Waals surface area contributed by atoms with Crippen molar-refractivity contribution in [2.24, 2.45) is 11.8 Å². The van der Waals surface area contributed by atoms with Crippen LogP contribution in [0.5, 0.6) is 0 Å². The van der Waals surface area contributed by atoms with Crippen molar-refractivity contribution in [3.05, 3.63) is 29.8 Å². The topological polar surface area (TPSA) is 61.4 Å². The van der Waals surface area contributed by atoms with Gasteiger partial charge in [0.15, 0.2) is 0 Å². The maximum atomic E-state index is 12.7. The first-order valence-electron chi connectivity index (χ1n) is 8.46. The molecule has 2 fully saturated rings.